The molecule has 1 aliphatic heterocycles. The third-order valence-electron chi connectivity index (χ3n) is 4.56. The van der Waals surface area contributed by atoms with Gasteiger partial charge in [-0.25, -0.2) is 4.39 Å². The molecule has 152 valence electrons. The summed E-state index contributed by atoms with van der Waals surface area (Å²) in [5, 5.41) is 5.03. The Morgan fingerprint density at radius 1 is 1.17 bits per heavy atom. The van der Waals surface area contributed by atoms with Crippen LogP contribution in [0.2, 0.25) is 0 Å². The molecule has 1 aliphatic rings. The Morgan fingerprint density at radius 2 is 1.86 bits per heavy atom. The minimum absolute atomic E-state index is 0.125. The second-order valence-electron chi connectivity index (χ2n) is 6.94. The van der Waals surface area contributed by atoms with Crippen LogP contribution in [0.5, 0.6) is 0 Å². The lowest BCUT2D eigenvalue weighted by Crippen LogP contribution is -2.52. The molecule has 0 spiro atoms. The van der Waals surface area contributed by atoms with E-state index >= 15 is 0 Å². The Balaban J connectivity index is 1.56. The Hall–Kier alpha value is -2.87. The molecule has 29 heavy (non-hydrogen) atoms. The molecule has 1 saturated heterocycles. The Labute approximate surface area is 172 Å². The highest BCUT2D eigenvalue weighted by atomic mass is 32.2. The number of rotatable bonds is 5. The summed E-state index contributed by atoms with van der Waals surface area (Å²) in [6.45, 7) is 0. The lowest BCUT2D eigenvalue weighted by atomic mass is 10.1. The van der Waals surface area contributed by atoms with E-state index in [9.17, 15) is 18.8 Å². The molecule has 6 nitrogen and oxygen atoms in total. The van der Waals surface area contributed by atoms with E-state index in [1.165, 1.54) is 22.7 Å². The number of amides is 3. The molecule has 0 aromatic heterocycles. The van der Waals surface area contributed by atoms with Gasteiger partial charge in [-0.1, -0.05) is 18.2 Å². The van der Waals surface area contributed by atoms with Crippen LogP contribution in [0.3, 0.4) is 0 Å². The smallest absolute Gasteiger partial charge is 0.253 e. The van der Waals surface area contributed by atoms with Crippen LogP contribution in [-0.2, 0) is 16.0 Å². The predicted molar refractivity (Wildman–Crippen MR) is 111 cm³/mol. The molecule has 1 heterocycles. The van der Waals surface area contributed by atoms with E-state index in [0.717, 1.165) is 0 Å². The fourth-order valence-corrected chi connectivity index (χ4v) is 4.11. The van der Waals surface area contributed by atoms with Crippen molar-refractivity contribution in [2.24, 2.45) is 0 Å². The van der Waals surface area contributed by atoms with Gasteiger partial charge in [0, 0.05) is 31.1 Å². The largest absolute Gasteiger partial charge is 0.345 e. The van der Waals surface area contributed by atoms with Crippen LogP contribution in [0.1, 0.15) is 15.9 Å². The first-order valence-corrected chi connectivity index (χ1v) is 10.2. The molecule has 0 saturated carbocycles. The summed E-state index contributed by atoms with van der Waals surface area (Å²) in [6.07, 6.45) is 0.277. The summed E-state index contributed by atoms with van der Waals surface area (Å²) in [4.78, 5) is 38.3. The normalized spacial score (nSPS) is 18.7. The standard InChI is InChI=1S/C21H22FN3O3S/c1-25(2)21(28)13-7-9-15(10-8-13)23-19(26)17-12-29-18(20(27)24-17)11-14-5-3-4-6-16(14)22/h3-10,17-18H,11-12H2,1-2H3,(H,23,26)(H,24,27). The van der Waals surface area contributed by atoms with E-state index in [2.05, 4.69) is 10.6 Å². The number of hydrogen-bond acceptors (Lipinski definition) is 4. The molecule has 2 atom stereocenters. The van der Waals surface area contributed by atoms with E-state index in [1.807, 2.05) is 0 Å². The number of benzene rings is 2. The number of hydrogen-bond donors (Lipinski definition) is 2. The van der Waals surface area contributed by atoms with E-state index in [0.29, 0.717) is 22.6 Å². The predicted octanol–water partition coefficient (Wildman–Crippen LogP) is 2.31. The quantitative estimate of drug-likeness (QED) is 0.786. The topological polar surface area (TPSA) is 78.5 Å². The molecular formula is C21H22FN3O3S. The second kappa shape index (κ2) is 9.09. The van der Waals surface area contributed by atoms with Gasteiger partial charge >= 0.3 is 0 Å². The average Bonchev–Trinajstić information content (AvgIpc) is 2.71. The molecule has 0 bridgehead atoms. The molecule has 2 aromatic rings. The maximum absolute atomic E-state index is 13.8. The summed E-state index contributed by atoms with van der Waals surface area (Å²) >= 11 is 1.34. The number of halogens is 1. The molecule has 2 aromatic carbocycles. The number of thioether (sulfide) groups is 1. The third-order valence-corrected chi connectivity index (χ3v) is 5.87. The zero-order valence-corrected chi connectivity index (χ0v) is 17.0. The van der Waals surface area contributed by atoms with E-state index < -0.39 is 11.3 Å². The molecule has 1 fully saturated rings. The van der Waals surface area contributed by atoms with Gasteiger partial charge in [-0.3, -0.25) is 14.4 Å². The molecule has 0 aliphatic carbocycles. The summed E-state index contributed by atoms with van der Waals surface area (Å²) in [6, 6.07) is 12.3. The maximum Gasteiger partial charge on any atom is 0.253 e. The fourth-order valence-electron chi connectivity index (χ4n) is 2.93. The molecule has 3 amide bonds. The van der Waals surface area contributed by atoms with Gasteiger partial charge < -0.3 is 15.5 Å². The first-order valence-electron chi connectivity index (χ1n) is 9.13. The SMILES string of the molecule is CN(C)C(=O)c1ccc(NC(=O)C2CSC(Cc3ccccc3F)C(=O)N2)cc1. The van der Waals surface area contributed by atoms with Crippen LogP contribution >= 0.6 is 11.8 Å². The fraction of sp³-hybridized carbons (Fsp3) is 0.286. The van der Waals surface area contributed by atoms with Crippen molar-refractivity contribution < 1.29 is 18.8 Å². The van der Waals surface area contributed by atoms with Gasteiger partial charge in [0.2, 0.25) is 11.8 Å². The zero-order valence-electron chi connectivity index (χ0n) is 16.1. The average molecular weight is 415 g/mol. The molecule has 0 radical (unpaired) electrons. The van der Waals surface area contributed by atoms with Crippen molar-refractivity contribution in [1.82, 2.24) is 10.2 Å². The first-order chi connectivity index (χ1) is 13.8. The lowest BCUT2D eigenvalue weighted by molar-refractivity contribution is -0.126. The van der Waals surface area contributed by atoms with Crippen molar-refractivity contribution in [2.45, 2.75) is 17.7 Å². The summed E-state index contributed by atoms with van der Waals surface area (Å²) in [5.41, 5.74) is 1.54. The highest BCUT2D eigenvalue weighted by Crippen LogP contribution is 2.24. The summed E-state index contributed by atoms with van der Waals surface area (Å²) in [5.74, 6) is -0.677. The highest BCUT2D eigenvalue weighted by Gasteiger charge is 2.32. The van der Waals surface area contributed by atoms with Gasteiger partial charge in [-0.05, 0) is 42.3 Å². The van der Waals surface area contributed by atoms with Crippen LogP contribution in [0.15, 0.2) is 48.5 Å². The van der Waals surface area contributed by atoms with Crippen molar-refractivity contribution in [3.8, 4) is 0 Å². The Bertz CT molecular complexity index is 918. The number of carbonyl (C=O) groups is 3. The van der Waals surface area contributed by atoms with Gasteiger partial charge in [0.15, 0.2) is 0 Å². The zero-order chi connectivity index (χ0) is 21.0. The third kappa shape index (κ3) is 5.14. The molecule has 2 unspecified atom stereocenters. The molecule has 8 heteroatoms. The van der Waals surface area contributed by atoms with Gasteiger partial charge in [-0.2, -0.15) is 0 Å². The van der Waals surface area contributed by atoms with Crippen molar-refractivity contribution in [2.75, 3.05) is 25.2 Å². The lowest BCUT2D eigenvalue weighted by Gasteiger charge is -2.28. The molecular weight excluding hydrogens is 393 g/mol. The van der Waals surface area contributed by atoms with Gasteiger partial charge in [0.05, 0.1) is 5.25 Å². The van der Waals surface area contributed by atoms with E-state index in [-0.39, 0.29) is 30.0 Å². The number of nitrogens with zero attached hydrogens (tertiary/aromatic N) is 1. The Kier molecular flexibility index (Phi) is 6.53. The van der Waals surface area contributed by atoms with Crippen LogP contribution in [0.25, 0.3) is 0 Å². The minimum Gasteiger partial charge on any atom is -0.345 e. The van der Waals surface area contributed by atoms with Crippen molar-refractivity contribution in [3.63, 3.8) is 0 Å². The monoisotopic (exact) mass is 415 g/mol. The van der Waals surface area contributed by atoms with Gasteiger partial charge in [0.1, 0.15) is 11.9 Å². The van der Waals surface area contributed by atoms with Gasteiger partial charge in [0.25, 0.3) is 5.91 Å². The summed E-state index contributed by atoms with van der Waals surface area (Å²) in [7, 11) is 3.34. The number of carbonyl (C=O) groups excluding carboxylic acids is 3. The van der Waals surface area contributed by atoms with Crippen molar-refractivity contribution in [1.29, 1.82) is 0 Å². The first kappa shape index (κ1) is 20.9. The van der Waals surface area contributed by atoms with Gasteiger partial charge in [-0.15, -0.1) is 11.8 Å². The van der Waals surface area contributed by atoms with E-state index in [1.54, 1.807) is 56.6 Å². The number of nitrogens with one attached hydrogen (secondary N) is 2. The highest BCUT2D eigenvalue weighted by molar-refractivity contribution is 8.00. The minimum atomic E-state index is -0.674. The Morgan fingerprint density at radius 3 is 2.48 bits per heavy atom. The number of anilines is 1. The van der Waals surface area contributed by atoms with Crippen molar-refractivity contribution >= 4 is 35.2 Å². The summed E-state index contributed by atoms with van der Waals surface area (Å²) < 4.78 is 13.8. The van der Waals surface area contributed by atoms with Crippen LogP contribution in [-0.4, -0.2) is 53.8 Å². The molecule has 2 N–H and O–H groups in total. The van der Waals surface area contributed by atoms with Crippen LogP contribution in [0.4, 0.5) is 10.1 Å². The van der Waals surface area contributed by atoms with Crippen LogP contribution < -0.4 is 10.6 Å². The van der Waals surface area contributed by atoms with Crippen molar-refractivity contribution in [3.05, 3.63) is 65.5 Å². The van der Waals surface area contributed by atoms with E-state index in [4.69, 9.17) is 0 Å². The van der Waals surface area contributed by atoms with Crippen LogP contribution in [0, 0.1) is 5.82 Å². The molecule has 3 rings (SSSR count). The second-order valence-corrected chi connectivity index (χ2v) is 8.18. The maximum atomic E-state index is 13.8.